The van der Waals surface area contributed by atoms with E-state index >= 15 is 0 Å². The quantitative estimate of drug-likeness (QED) is 0.152. The molecule has 0 spiro atoms. The number of fused-ring (bicyclic) bond motifs is 1. The molecule has 0 radical (unpaired) electrons. The second kappa shape index (κ2) is 10.3. The number of nitrogens with one attached hydrogen (secondary N) is 2. The number of hydrogen-bond donors (Lipinski definition) is 2. The molecule has 0 aliphatic heterocycles. The minimum atomic E-state index is -2.86. The molecule has 14 heteroatoms. The fourth-order valence-corrected chi connectivity index (χ4v) is 3.62. The van der Waals surface area contributed by atoms with Crippen molar-refractivity contribution < 1.29 is 35.9 Å². The number of imidazole rings is 1. The number of ether oxygens (including phenoxy) is 1. The highest BCUT2D eigenvalue weighted by Gasteiger charge is 2.25. The molecule has 0 aliphatic carbocycles. The van der Waals surface area contributed by atoms with Crippen molar-refractivity contribution in [3.8, 4) is 5.88 Å². The van der Waals surface area contributed by atoms with E-state index < -0.39 is 59.3 Å². The van der Waals surface area contributed by atoms with Crippen LogP contribution in [0.15, 0.2) is 34.8 Å². The largest absolute Gasteiger partial charge is 0.471 e. The van der Waals surface area contributed by atoms with Gasteiger partial charge in [-0.3, -0.25) is 9.36 Å². The lowest BCUT2D eigenvalue weighted by atomic mass is 10.1. The number of benzene rings is 2. The number of aromatic nitrogens is 3. The van der Waals surface area contributed by atoms with E-state index in [1.165, 1.54) is 17.7 Å². The molecule has 2 N–H and O–H groups in total. The van der Waals surface area contributed by atoms with Crippen LogP contribution in [0.4, 0.5) is 43.7 Å². The van der Waals surface area contributed by atoms with Gasteiger partial charge in [0.25, 0.3) is 12.3 Å². The molecule has 1 amide bonds. The summed E-state index contributed by atoms with van der Waals surface area (Å²) in [6.07, 6.45) is -2.86. The van der Waals surface area contributed by atoms with Gasteiger partial charge in [0.15, 0.2) is 35.5 Å². The first-order valence-corrected chi connectivity index (χ1v) is 11.2. The third-order valence-corrected chi connectivity index (χ3v) is 5.77. The Morgan fingerprint density at radius 3 is 2.35 bits per heavy atom. The summed E-state index contributed by atoms with van der Waals surface area (Å²) in [4.78, 5) is 21.2. The number of amides is 1. The Morgan fingerprint density at radius 2 is 1.70 bits per heavy atom. The Bertz CT molecular complexity index is 1480. The van der Waals surface area contributed by atoms with Crippen LogP contribution in [0.5, 0.6) is 5.88 Å². The van der Waals surface area contributed by atoms with E-state index in [1.54, 1.807) is 24.3 Å². The van der Waals surface area contributed by atoms with Crippen LogP contribution in [0.3, 0.4) is 0 Å². The van der Waals surface area contributed by atoms with Gasteiger partial charge in [-0.15, -0.1) is 0 Å². The number of rotatable bonds is 7. The van der Waals surface area contributed by atoms with Crippen LogP contribution in [0.2, 0.25) is 0 Å². The van der Waals surface area contributed by atoms with Gasteiger partial charge in [-0.25, -0.2) is 31.3 Å². The molecule has 0 aliphatic rings. The zero-order chi connectivity index (χ0) is 27.0. The monoisotopic (exact) mass is 587 g/mol. The molecule has 37 heavy (non-hydrogen) atoms. The van der Waals surface area contributed by atoms with E-state index in [0.717, 1.165) is 11.4 Å². The summed E-state index contributed by atoms with van der Waals surface area (Å²) in [6, 6.07) is 7.73. The lowest BCUT2D eigenvalue weighted by Gasteiger charge is -2.12. The zero-order valence-corrected chi connectivity index (χ0v) is 20.6. The number of anilines is 3. The van der Waals surface area contributed by atoms with Gasteiger partial charge < -0.3 is 15.4 Å². The normalized spacial score (nSPS) is 11.3. The maximum absolute atomic E-state index is 14.4. The third-order valence-electron chi connectivity index (χ3n) is 5.24. The van der Waals surface area contributed by atoms with Crippen molar-refractivity contribution >= 4 is 50.3 Å². The van der Waals surface area contributed by atoms with Crippen molar-refractivity contribution in [2.75, 3.05) is 17.2 Å². The lowest BCUT2D eigenvalue weighted by Crippen LogP contribution is -2.17. The van der Waals surface area contributed by atoms with Crippen LogP contribution in [0.1, 0.15) is 15.9 Å². The van der Waals surface area contributed by atoms with E-state index in [9.17, 15) is 31.1 Å². The Hall–Kier alpha value is -3.81. The molecule has 4 rings (SSSR count). The molecule has 0 unspecified atom stereocenters. The van der Waals surface area contributed by atoms with Gasteiger partial charge in [-0.2, -0.15) is 4.98 Å². The first-order chi connectivity index (χ1) is 17.5. The van der Waals surface area contributed by atoms with E-state index in [4.69, 9.17) is 4.74 Å². The molecule has 0 fully saturated rings. The van der Waals surface area contributed by atoms with Gasteiger partial charge in [0.1, 0.15) is 11.1 Å². The fraction of sp³-hybridized carbons (Fsp3) is 0.174. The second-order valence-electron chi connectivity index (χ2n) is 7.72. The Morgan fingerprint density at radius 1 is 1.05 bits per heavy atom. The average molecular weight is 588 g/mol. The highest BCUT2D eigenvalue weighted by Crippen LogP contribution is 2.32. The van der Waals surface area contributed by atoms with Crippen molar-refractivity contribution in [1.82, 2.24) is 14.5 Å². The lowest BCUT2D eigenvalue weighted by molar-refractivity contribution is 0.0781. The zero-order valence-electron chi connectivity index (χ0n) is 19.0. The molecule has 0 saturated heterocycles. The number of nitrogens with zero attached hydrogens (tertiary/aromatic N) is 3. The summed E-state index contributed by atoms with van der Waals surface area (Å²) >= 11 is 3.27. The summed E-state index contributed by atoms with van der Waals surface area (Å²) in [5.41, 5.74) is -1.06. The van der Waals surface area contributed by atoms with Crippen LogP contribution in [-0.2, 0) is 7.05 Å². The number of halogens is 7. The van der Waals surface area contributed by atoms with Crippen molar-refractivity contribution in [2.24, 2.45) is 7.05 Å². The van der Waals surface area contributed by atoms with Crippen molar-refractivity contribution in [1.29, 1.82) is 0 Å². The maximum atomic E-state index is 14.4. The van der Waals surface area contributed by atoms with Gasteiger partial charge in [-0.05, 0) is 37.3 Å². The topological polar surface area (TPSA) is 81.1 Å². The Kier molecular flexibility index (Phi) is 7.30. The molecule has 4 aromatic rings. The number of carbonyl (C=O) groups is 1. The standard InChI is InChI=1S/C23H16BrF6N5O2/c1-9-15(27)16(28)17(29)18(30)19(9)33-23-32-13-7-12(21(36)31-11-5-3-10(24)4-6-11)22(37-8-14(25)26)34-20(13)35(23)2/h3-7,14H,8H2,1-2H3,(H,31,36)(H,32,33). The van der Waals surface area contributed by atoms with Crippen molar-refractivity contribution in [3.05, 3.63) is 69.2 Å². The van der Waals surface area contributed by atoms with Crippen LogP contribution >= 0.6 is 15.9 Å². The Labute approximate surface area is 213 Å². The minimum absolute atomic E-state index is 0.00748. The summed E-state index contributed by atoms with van der Waals surface area (Å²) in [6.45, 7) is -0.0242. The Balaban J connectivity index is 1.77. The summed E-state index contributed by atoms with van der Waals surface area (Å²) < 4.78 is 88.4. The smallest absolute Gasteiger partial charge is 0.272 e. The number of aryl methyl sites for hydroxylation is 1. The highest BCUT2D eigenvalue weighted by molar-refractivity contribution is 9.10. The molecule has 2 aromatic heterocycles. The number of carbonyl (C=O) groups excluding carboxylic acids is 1. The predicted molar refractivity (Wildman–Crippen MR) is 126 cm³/mol. The summed E-state index contributed by atoms with van der Waals surface area (Å²) in [7, 11) is 1.38. The second-order valence-corrected chi connectivity index (χ2v) is 8.64. The maximum Gasteiger partial charge on any atom is 0.272 e. The molecule has 0 saturated carbocycles. The molecule has 194 valence electrons. The van der Waals surface area contributed by atoms with Gasteiger partial charge in [0, 0.05) is 22.8 Å². The van der Waals surface area contributed by atoms with Gasteiger partial charge in [0.2, 0.25) is 11.8 Å². The van der Waals surface area contributed by atoms with Gasteiger partial charge >= 0.3 is 0 Å². The van der Waals surface area contributed by atoms with Crippen LogP contribution in [0.25, 0.3) is 11.2 Å². The van der Waals surface area contributed by atoms with Gasteiger partial charge in [0.05, 0.1) is 5.69 Å². The average Bonchev–Trinajstić information content (AvgIpc) is 3.17. The highest BCUT2D eigenvalue weighted by atomic mass is 79.9. The molecule has 2 aromatic carbocycles. The first-order valence-electron chi connectivity index (χ1n) is 10.4. The number of pyridine rings is 1. The molecule has 0 atom stereocenters. The van der Waals surface area contributed by atoms with Crippen molar-refractivity contribution in [3.63, 3.8) is 0 Å². The first kappa shape index (κ1) is 26.3. The third kappa shape index (κ3) is 5.19. The molecule has 0 bridgehead atoms. The molecular weight excluding hydrogens is 572 g/mol. The summed E-state index contributed by atoms with van der Waals surface area (Å²) in [5, 5.41) is 4.98. The van der Waals surface area contributed by atoms with Crippen LogP contribution in [-0.4, -0.2) is 33.5 Å². The van der Waals surface area contributed by atoms with Crippen LogP contribution < -0.4 is 15.4 Å². The summed E-state index contributed by atoms with van der Waals surface area (Å²) in [5.74, 6) is -8.62. The van der Waals surface area contributed by atoms with E-state index in [2.05, 4.69) is 36.5 Å². The van der Waals surface area contributed by atoms with Gasteiger partial charge in [-0.1, -0.05) is 15.9 Å². The minimum Gasteiger partial charge on any atom is -0.471 e. The number of alkyl halides is 2. The van der Waals surface area contributed by atoms with E-state index in [-0.39, 0.29) is 22.7 Å². The molecular formula is C23H16BrF6N5O2. The predicted octanol–water partition coefficient (Wildman–Crippen LogP) is 6.24. The SMILES string of the molecule is Cc1c(F)c(F)c(F)c(F)c1Nc1nc2cc(C(=O)Nc3ccc(Br)cc3)c(OCC(F)F)nc2n1C. The molecule has 7 nitrogen and oxygen atoms in total. The number of hydrogen-bond acceptors (Lipinski definition) is 5. The van der Waals surface area contributed by atoms with E-state index in [1.807, 2.05) is 0 Å². The van der Waals surface area contributed by atoms with Crippen molar-refractivity contribution in [2.45, 2.75) is 13.3 Å². The fourth-order valence-electron chi connectivity index (χ4n) is 3.36. The molecule has 2 heterocycles. The van der Waals surface area contributed by atoms with E-state index in [0.29, 0.717) is 5.69 Å². The van der Waals surface area contributed by atoms with Crippen LogP contribution in [0, 0.1) is 30.2 Å².